The standard InChI is InChI=1S/C31H40N4O3/c1-6-16-37-30-18-25(14-15-33-30)35-23(7-2)12-13-24(35)17-21(3)27-19-28(22(4)34-31(27)32)26-10-8-9-11-29(26)38-20-36-5/h8-11,14-15,18-19,23-24,34H,3-4,6-7,12-13,16-17,20,32H2,1-2,5H3. The summed E-state index contributed by atoms with van der Waals surface area (Å²) in [6.45, 7) is 13.9. The summed E-state index contributed by atoms with van der Waals surface area (Å²) in [5, 5.41) is 3.27. The molecule has 1 saturated heterocycles. The van der Waals surface area contributed by atoms with Crippen LogP contribution in [0.4, 0.5) is 5.69 Å². The smallest absolute Gasteiger partial charge is 0.215 e. The van der Waals surface area contributed by atoms with Crippen molar-refractivity contribution in [3.63, 3.8) is 0 Å². The van der Waals surface area contributed by atoms with E-state index >= 15 is 0 Å². The van der Waals surface area contributed by atoms with Crippen molar-refractivity contribution in [2.24, 2.45) is 5.73 Å². The number of aromatic nitrogens is 1. The average molecular weight is 517 g/mol. The van der Waals surface area contributed by atoms with Crippen LogP contribution in [-0.4, -0.2) is 37.6 Å². The van der Waals surface area contributed by atoms with E-state index in [9.17, 15) is 0 Å². The van der Waals surface area contributed by atoms with E-state index in [4.69, 9.17) is 19.9 Å². The molecule has 0 bridgehead atoms. The zero-order chi connectivity index (χ0) is 27.1. The van der Waals surface area contributed by atoms with E-state index in [2.05, 4.69) is 60.4 Å². The Labute approximate surface area is 226 Å². The van der Waals surface area contributed by atoms with Crippen LogP contribution in [0, 0.1) is 0 Å². The Morgan fingerprint density at radius 3 is 2.71 bits per heavy atom. The lowest BCUT2D eigenvalue weighted by Gasteiger charge is -2.33. The summed E-state index contributed by atoms with van der Waals surface area (Å²) in [5.74, 6) is 1.96. The molecule has 0 spiro atoms. The number of allylic oxidation sites excluding steroid dienone is 3. The molecule has 0 amide bonds. The summed E-state index contributed by atoms with van der Waals surface area (Å²) >= 11 is 0. The summed E-state index contributed by atoms with van der Waals surface area (Å²) in [6.07, 6.45) is 8.95. The third-order valence-electron chi connectivity index (χ3n) is 7.12. The molecule has 1 fully saturated rings. The van der Waals surface area contributed by atoms with Crippen LogP contribution in [0.1, 0.15) is 51.5 Å². The van der Waals surface area contributed by atoms with Gasteiger partial charge in [0.2, 0.25) is 5.88 Å². The number of anilines is 1. The maximum atomic E-state index is 6.48. The van der Waals surface area contributed by atoms with E-state index in [0.717, 1.165) is 71.5 Å². The van der Waals surface area contributed by atoms with Crippen LogP contribution in [0.25, 0.3) is 5.57 Å². The molecule has 3 heterocycles. The summed E-state index contributed by atoms with van der Waals surface area (Å²) < 4.78 is 16.8. The minimum Gasteiger partial charge on any atom is -0.478 e. The van der Waals surface area contributed by atoms with Crippen LogP contribution < -0.4 is 25.4 Å². The van der Waals surface area contributed by atoms with Gasteiger partial charge in [0.05, 0.1) is 6.61 Å². The molecule has 2 aliphatic rings. The Hall–Kier alpha value is -3.71. The molecule has 7 heteroatoms. The van der Waals surface area contributed by atoms with Crippen LogP contribution in [0.2, 0.25) is 0 Å². The van der Waals surface area contributed by atoms with Gasteiger partial charge in [-0.2, -0.15) is 0 Å². The number of nitrogens with zero attached hydrogens (tertiary/aromatic N) is 2. The number of dihydropyridines is 1. The molecule has 2 unspecified atom stereocenters. The minimum atomic E-state index is 0.165. The number of nitrogens with two attached hydrogens (primary N) is 1. The highest BCUT2D eigenvalue weighted by Crippen LogP contribution is 2.39. The number of hydrogen-bond acceptors (Lipinski definition) is 7. The second kappa shape index (κ2) is 12.7. The van der Waals surface area contributed by atoms with Crippen molar-refractivity contribution in [1.82, 2.24) is 10.3 Å². The van der Waals surface area contributed by atoms with E-state index < -0.39 is 0 Å². The van der Waals surface area contributed by atoms with Crippen molar-refractivity contribution in [3.05, 3.63) is 90.1 Å². The molecule has 38 heavy (non-hydrogen) atoms. The summed E-state index contributed by atoms with van der Waals surface area (Å²) in [6, 6.07) is 12.8. The summed E-state index contributed by atoms with van der Waals surface area (Å²) in [7, 11) is 1.61. The Morgan fingerprint density at radius 2 is 1.95 bits per heavy atom. The average Bonchev–Trinajstić information content (AvgIpc) is 3.33. The molecule has 2 atom stereocenters. The van der Waals surface area contributed by atoms with Crippen molar-refractivity contribution in [1.29, 1.82) is 0 Å². The molecule has 3 N–H and O–H groups in total. The molecule has 202 valence electrons. The summed E-state index contributed by atoms with van der Waals surface area (Å²) in [5.41, 5.74) is 12.1. The van der Waals surface area contributed by atoms with Crippen LogP contribution in [0.5, 0.6) is 11.6 Å². The van der Waals surface area contributed by atoms with Gasteiger partial charge in [0, 0.05) is 59.6 Å². The van der Waals surface area contributed by atoms with Crippen LogP contribution in [-0.2, 0) is 4.74 Å². The number of ether oxygens (including phenoxy) is 3. The fraction of sp³-hybridized carbons (Fsp3) is 0.387. The lowest BCUT2D eigenvalue weighted by molar-refractivity contribution is 0.0509. The number of para-hydroxylation sites is 1. The van der Waals surface area contributed by atoms with Crippen molar-refractivity contribution in [3.8, 4) is 11.6 Å². The monoisotopic (exact) mass is 516 g/mol. The maximum absolute atomic E-state index is 6.48. The van der Waals surface area contributed by atoms with Crippen LogP contribution in [0.15, 0.2) is 84.5 Å². The van der Waals surface area contributed by atoms with Gasteiger partial charge in [-0.15, -0.1) is 0 Å². The Morgan fingerprint density at radius 1 is 1.16 bits per heavy atom. The molecule has 1 aromatic carbocycles. The van der Waals surface area contributed by atoms with Gasteiger partial charge < -0.3 is 30.2 Å². The van der Waals surface area contributed by atoms with Gasteiger partial charge in [-0.05, 0) is 55.9 Å². The molecular weight excluding hydrogens is 476 g/mol. The lowest BCUT2D eigenvalue weighted by atomic mass is 9.91. The Kier molecular flexibility index (Phi) is 9.13. The number of methoxy groups -OCH3 is 1. The normalized spacial score (nSPS) is 19.3. The molecule has 2 aliphatic heterocycles. The molecule has 0 saturated carbocycles. The highest BCUT2D eigenvalue weighted by molar-refractivity contribution is 5.85. The van der Waals surface area contributed by atoms with Crippen molar-refractivity contribution in [2.45, 2.75) is 58.0 Å². The molecule has 0 radical (unpaired) electrons. The van der Waals surface area contributed by atoms with E-state index in [-0.39, 0.29) is 6.79 Å². The predicted molar refractivity (Wildman–Crippen MR) is 154 cm³/mol. The van der Waals surface area contributed by atoms with Crippen molar-refractivity contribution < 1.29 is 14.2 Å². The van der Waals surface area contributed by atoms with E-state index in [1.54, 1.807) is 7.11 Å². The van der Waals surface area contributed by atoms with E-state index in [1.807, 2.05) is 30.5 Å². The SMILES string of the molecule is C=C(CC1CCC(CC)N1c1ccnc(OCCC)c1)C1=C(N)NC(=C)C(c2ccccc2OCOC)=C1. The van der Waals surface area contributed by atoms with E-state index in [0.29, 0.717) is 30.4 Å². The van der Waals surface area contributed by atoms with Gasteiger partial charge in [-0.1, -0.05) is 45.2 Å². The number of nitrogens with one attached hydrogen (secondary N) is 1. The Balaban J connectivity index is 1.59. The largest absolute Gasteiger partial charge is 0.478 e. The summed E-state index contributed by atoms with van der Waals surface area (Å²) in [4.78, 5) is 6.93. The zero-order valence-electron chi connectivity index (χ0n) is 22.8. The van der Waals surface area contributed by atoms with Gasteiger partial charge in [0.15, 0.2) is 6.79 Å². The van der Waals surface area contributed by atoms with Crippen LogP contribution >= 0.6 is 0 Å². The first-order valence-electron chi connectivity index (χ1n) is 13.4. The molecule has 0 aliphatic carbocycles. The highest BCUT2D eigenvalue weighted by Gasteiger charge is 2.34. The fourth-order valence-corrected chi connectivity index (χ4v) is 5.30. The molecule has 7 nitrogen and oxygen atoms in total. The number of benzene rings is 1. The first-order valence-corrected chi connectivity index (χ1v) is 13.4. The predicted octanol–water partition coefficient (Wildman–Crippen LogP) is 5.92. The van der Waals surface area contributed by atoms with Gasteiger partial charge in [0.1, 0.15) is 11.6 Å². The Bertz CT molecular complexity index is 1220. The van der Waals surface area contributed by atoms with Crippen molar-refractivity contribution >= 4 is 11.3 Å². The minimum absolute atomic E-state index is 0.165. The third kappa shape index (κ3) is 6.05. The van der Waals surface area contributed by atoms with Crippen LogP contribution in [0.3, 0.4) is 0 Å². The topological polar surface area (TPSA) is 81.9 Å². The molecule has 2 aromatic rings. The van der Waals surface area contributed by atoms with Gasteiger partial charge >= 0.3 is 0 Å². The molecule has 1 aromatic heterocycles. The number of rotatable bonds is 12. The number of pyridine rings is 1. The first-order chi connectivity index (χ1) is 18.5. The third-order valence-corrected chi connectivity index (χ3v) is 7.12. The molecular formula is C31H40N4O3. The second-order valence-corrected chi connectivity index (χ2v) is 9.74. The second-order valence-electron chi connectivity index (χ2n) is 9.74. The van der Waals surface area contributed by atoms with E-state index in [1.165, 1.54) is 0 Å². The molecule has 4 rings (SSSR count). The van der Waals surface area contributed by atoms with Gasteiger partial charge in [0.25, 0.3) is 0 Å². The highest BCUT2D eigenvalue weighted by atomic mass is 16.7. The lowest BCUT2D eigenvalue weighted by Crippen LogP contribution is -2.36. The first kappa shape index (κ1) is 27.3. The zero-order valence-corrected chi connectivity index (χ0v) is 22.8. The number of hydrogen-bond donors (Lipinski definition) is 2. The van der Waals surface area contributed by atoms with Gasteiger partial charge in [-0.3, -0.25) is 0 Å². The fourth-order valence-electron chi connectivity index (χ4n) is 5.30. The van der Waals surface area contributed by atoms with Gasteiger partial charge in [-0.25, -0.2) is 4.98 Å². The van der Waals surface area contributed by atoms with Crippen molar-refractivity contribution in [2.75, 3.05) is 25.4 Å². The quantitative estimate of drug-likeness (QED) is 0.339. The maximum Gasteiger partial charge on any atom is 0.215 e.